The number of carbonyl (C=O) groups excluding carboxylic acids is 1. The molecule has 0 aliphatic heterocycles. The molecule has 3 aromatic rings. The Labute approximate surface area is 153 Å². The number of hydrogen-bond acceptors (Lipinski definition) is 4. The molecular formula is C19H16F2N2O2S. The maximum absolute atomic E-state index is 13.3. The monoisotopic (exact) mass is 374 g/mol. The van der Waals surface area contributed by atoms with E-state index in [0.29, 0.717) is 29.3 Å². The quantitative estimate of drug-likeness (QED) is 0.695. The summed E-state index contributed by atoms with van der Waals surface area (Å²) < 4.78 is 31.3. The van der Waals surface area contributed by atoms with Crippen LogP contribution in [-0.2, 0) is 17.8 Å². The lowest BCUT2D eigenvalue weighted by molar-refractivity contribution is 0.102. The molecule has 0 radical (unpaired) electrons. The minimum Gasteiger partial charge on any atom is -0.380 e. The Bertz CT molecular complexity index is 910. The highest BCUT2D eigenvalue weighted by atomic mass is 32.1. The number of benzene rings is 2. The Kier molecular flexibility index (Phi) is 5.70. The zero-order valence-corrected chi connectivity index (χ0v) is 14.8. The van der Waals surface area contributed by atoms with Crippen LogP contribution in [0.4, 0.5) is 13.9 Å². The number of rotatable bonds is 6. The third-order valence-electron chi connectivity index (χ3n) is 3.66. The smallest absolute Gasteiger partial charge is 0.257 e. The Morgan fingerprint density at radius 1 is 1.12 bits per heavy atom. The largest absolute Gasteiger partial charge is 0.380 e. The second-order valence-corrected chi connectivity index (χ2v) is 6.76. The summed E-state index contributed by atoms with van der Waals surface area (Å²) in [5.74, 6) is -2.01. The van der Waals surface area contributed by atoms with Crippen molar-refractivity contribution in [1.29, 1.82) is 0 Å². The van der Waals surface area contributed by atoms with Crippen LogP contribution in [0.15, 0.2) is 48.7 Å². The van der Waals surface area contributed by atoms with Gasteiger partial charge in [-0.2, -0.15) is 0 Å². The van der Waals surface area contributed by atoms with Gasteiger partial charge in [0.1, 0.15) is 0 Å². The van der Waals surface area contributed by atoms with Crippen LogP contribution in [0.2, 0.25) is 0 Å². The Morgan fingerprint density at radius 3 is 2.54 bits per heavy atom. The number of nitrogens with zero attached hydrogens (tertiary/aromatic N) is 1. The number of ether oxygens (including phenoxy) is 1. The standard InChI is InChI=1S/C19H16F2N2O2S/c1-25-11-12-2-5-14(6-3-12)18(24)23-19-22-10-15(26-19)8-13-4-7-16(20)17(21)9-13/h2-7,9-10H,8,11H2,1H3,(H,22,23,24). The van der Waals surface area contributed by atoms with Crippen molar-refractivity contribution in [1.82, 2.24) is 4.98 Å². The summed E-state index contributed by atoms with van der Waals surface area (Å²) in [6.45, 7) is 0.488. The summed E-state index contributed by atoms with van der Waals surface area (Å²) >= 11 is 1.29. The van der Waals surface area contributed by atoms with Gasteiger partial charge in [-0.15, -0.1) is 11.3 Å². The SMILES string of the molecule is COCc1ccc(C(=O)Nc2ncc(Cc3ccc(F)c(F)c3)s2)cc1. The summed E-state index contributed by atoms with van der Waals surface area (Å²) in [4.78, 5) is 17.3. The second kappa shape index (κ2) is 8.16. The molecule has 7 heteroatoms. The summed E-state index contributed by atoms with van der Waals surface area (Å²) in [5.41, 5.74) is 2.13. The second-order valence-electron chi connectivity index (χ2n) is 5.64. The molecule has 0 fully saturated rings. The van der Waals surface area contributed by atoms with Crippen molar-refractivity contribution in [2.75, 3.05) is 12.4 Å². The number of carbonyl (C=O) groups is 1. The van der Waals surface area contributed by atoms with Gasteiger partial charge in [-0.3, -0.25) is 10.1 Å². The molecule has 0 aliphatic rings. The number of halogens is 2. The van der Waals surface area contributed by atoms with Crippen LogP contribution in [0.3, 0.4) is 0 Å². The van der Waals surface area contributed by atoms with E-state index in [1.165, 1.54) is 17.4 Å². The van der Waals surface area contributed by atoms with E-state index in [0.717, 1.165) is 22.6 Å². The molecule has 4 nitrogen and oxygen atoms in total. The van der Waals surface area contributed by atoms with Gasteiger partial charge in [0.2, 0.25) is 0 Å². The highest BCUT2D eigenvalue weighted by Crippen LogP contribution is 2.22. The molecule has 3 rings (SSSR count). The van der Waals surface area contributed by atoms with Gasteiger partial charge in [0.05, 0.1) is 6.61 Å². The first-order valence-electron chi connectivity index (χ1n) is 7.83. The molecule has 2 aromatic carbocycles. The predicted molar refractivity (Wildman–Crippen MR) is 96.4 cm³/mol. The van der Waals surface area contributed by atoms with E-state index in [1.54, 1.807) is 25.4 Å². The highest BCUT2D eigenvalue weighted by Gasteiger charge is 2.10. The molecule has 1 amide bonds. The molecule has 0 saturated carbocycles. The van der Waals surface area contributed by atoms with Gasteiger partial charge in [0.15, 0.2) is 16.8 Å². The van der Waals surface area contributed by atoms with E-state index in [4.69, 9.17) is 4.74 Å². The van der Waals surface area contributed by atoms with Gasteiger partial charge in [-0.05, 0) is 35.4 Å². The summed E-state index contributed by atoms with van der Waals surface area (Å²) in [7, 11) is 1.61. The minimum atomic E-state index is -0.877. The molecule has 0 bridgehead atoms. The number of methoxy groups -OCH3 is 1. The fraction of sp³-hybridized carbons (Fsp3) is 0.158. The topological polar surface area (TPSA) is 51.2 Å². The number of anilines is 1. The van der Waals surface area contributed by atoms with Crippen LogP contribution in [0, 0.1) is 11.6 Å². The zero-order chi connectivity index (χ0) is 18.5. The average molecular weight is 374 g/mol. The molecule has 1 N–H and O–H groups in total. The normalized spacial score (nSPS) is 10.7. The first-order chi connectivity index (χ1) is 12.5. The molecule has 134 valence electrons. The van der Waals surface area contributed by atoms with Gasteiger partial charge in [-0.1, -0.05) is 18.2 Å². The van der Waals surface area contributed by atoms with Crippen molar-refractivity contribution in [3.8, 4) is 0 Å². The van der Waals surface area contributed by atoms with Crippen molar-refractivity contribution < 1.29 is 18.3 Å². The maximum Gasteiger partial charge on any atom is 0.257 e. The molecule has 1 aromatic heterocycles. The van der Waals surface area contributed by atoms with Gasteiger partial charge in [0, 0.05) is 30.2 Å². The Morgan fingerprint density at radius 2 is 1.85 bits per heavy atom. The third kappa shape index (κ3) is 4.50. The molecular weight excluding hydrogens is 358 g/mol. The van der Waals surface area contributed by atoms with Gasteiger partial charge in [0.25, 0.3) is 5.91 Å². The average Bonchev–Trinajstić information content (AvgIpc) is 3.06. The Balaban J connectivity index is 1.64. The zero-order valence-electron chi connectivity index (χ0n) is 14.0. The molecule has 0 saturated heterocycles. The minimum absolute atomic E-state index is 0.261. The fourth-order valence-corrected chi connectivity index (χ4v) is 3.23. The van der Waals surface area contributed by atoms with Gasteiger partial charge < -0.3 is 4.74 Å². The lowest BCUT2D eigenvalue weighted by Gasteiger charge is -2.03. The number of aromatic nitrogens is 1. The van der Waals surface area contributed by atoms with E-state index in [-0.39, 0.29) is 5.91 Å². The molecule has 1 heterocycles. The van der Waals surface area contributed by atoms with E-state index < -0.39 is 11.6 Å². The first-order valence-corrected chi connectivity index (χ1v) is 8.64. The summed E-state index contributed by atoms with van der Waals surface area (Å²) in [5, 5.41) is 3.19. The van der Waals surface area contributed by atoms with E-state index in [2.05, 4.69) is 10.3 Å². The lowest BCUT2D eigenvalue weighted by Crippen LogP contribution is -2.11. The van der Waals surface area contributed by atoms with Crippen LogP contribution < -0.4 is 5.32 Å². The molecule has 0 aliphatic carbocycles. The maximum atomic E-state index is 13.3. The highest BCUT2D eigenvalue weighted by molar-refractivity contribution is 7.15. The number of hydrogen-bond donors (Lipinski definition) is 1. The van der Waals surface area contributed by atoms with E-state index in [1.807, 2.05) is 12.1 Å². The Hall–Kier alpha value is -2.64. The van der Waals surface area contributed by atoms with Crippen molar-refractivity contribution in [2.45, 2.75) is 13.0 Å². The number of nitrogens with one attached hydrogen (secondary N) is 1. The lowest BCUT2D eigenvalue weighted by atomic mass is 10.1. The molecule has 0 unspecified atom stereocenters. The van der Waals surface area contributed by atoms with Gasteiger partial charge >= 0.3 is 0 Å². The molecule has 0 atom stereocenters. The molecule has 26 heavy (non-hydrogen) atoms. The van der Waals surface area contributed by atoms with Crippen LogP contribution in [-0.4, -0.2) is 18.0 Å². The van der Waals surface area contributed by atoms with Crippen LogP contribution >= 0.6 is 11.3 Å². The van der Waals surface area contributed by atoms with E-state index >= 15 is 0 Å². The van der Waals surface area contributed by atoms with Crippen molar-refractivity contribution in [3.63, 3.8) is 0 Å². The van der Waals surface area contributed by atoms with Crippen LogP contribution in [0.25, 0.3) is 0 Å². The first kappa shape index (κ1) is 18.2. The summed E-state index contributed by atoms with van der Waals surface area (Å²) in [6.07, 6.45) is 2.03. The van der Waals surface area contributed by atoms with Crippen molar-refractivity contribution in [2.24, 2.45) is 0 Å². The number of thiazole rings is 1. The number of amides is 1. The van der Waals surface area contributed by atoms with Gasteiger partial charge in [-0.25, -0.2) is 13.8 Å². The fourth-order valence-electron chi connectivity index (χ4n) is 2.39. The van der Waals surface area contributed by atoms with Crippen LogP contribution in [0.5, 0.6) is 0 Å². The molecule has 0 spiro atoms. The van der Waals surface area contributed by atoms with Crippen molar-refractivity contribution in [3.05, 3.63) is 81.9 Å². The van der Waals surface area contributed by atoms with Crippen molar-refractivity contribution >= 4 is 22.4 Å². The third-order valence-corrected chi connectivity index (χ3v) is 4.58. The summed E-state index contributed by atoms with van der Waals surface area (Å²) in [6, 6.07) is 10.9. The van der Waals surface area contributed by atoms with Crippen LogP contribution in [0.1, 0.15) is 26.4 Å². The predicted octanol–water partition coefficient (Wildman–Crippen LogP) is 4.41. The van der Waals surface area contributed by atoms with E-state index in [9.17, 15) is 13.6 Å².